The van der Waals surface area contributed by atoms with Crippen LogP contribution >= 0.6 is 18.9 Å². The molecule has 102 valence electrons. The maximum atomic E-state index is 13.8. The summed E-state index contributed by atoms with van der Waals surface area (Å²) >= 11 is 0.396. The van der Waals surface area contributed by atoms with E-state index in [-0.39, 0.29) is 15.6 Å². The van der Waals surface area contributed by atoms with Crippen molar-refractivity contribution in [3.63, 3.8) is 0 Å². The highest BCUT2D eigenvalue weighted by atomic mass is 32.1. The molecular formula is C11H5F2N2O3PS. The summed E-state index contributed by atoms with van der Waals surface area (Å²) in [7, 11) is -5.74. The van der Waals surface area contributed by atoms with Gasteiger partial charge in [0.1, 0.15) is 10.9 Å². The molecule has 1 heterocycles. The summed E-state index contributed by atoms with van der Waals surface area (Å²) in [4.78, 5) is 16.5. The molecule has 0 saturated carbocycles. The van der Waals surface area contributed by atoms with Crippen molar-refractivity contribution >= 4 is 29.0 Å². The minimum absolute atomic E-state index is 0.139. The molecule has 9 heteroatoms. The van der Waals surface area contributed by atoms with Gasteiger partial charge in [0, 0.05) is 10.1 Å². The first-order chi connectivity index (χ1) is 9.22. The lowest BCUT2D eigenvalue weighted by Crippen LogP contribution is -2.13. The Morgan fingerprint density at radius 2 is 1.90 bits per heavy atom. The van der Waals surface area contributed by atoms with Crippen LogP contribution in [-0.4, -0.2) is 9.79 Å². The van der Waals surface area contributed by atoms with Gasteiger partial charge in [0.05, 0.1) is 17.2 Å². The van der Waals surface area contributed by atoms with E-state index in [4.69, 9.17) is 20.3 Å². The first-order valence-electron chi connectivity index (χ1n) is 5.03. The van der Waals surface area contributed by atoms with Gasteiger partial charge in [-0.25, -0.2) is 0 Å². The lowest BCUT2D eigenvalue weighted by atomic mass is 10.1. The van der Waals surface area contributed by atoms with Crippen LogP contribution in [0.15, 0.2) is 18.2 Å². The summed E-state index contributed by atoms with van der Waals surface area (Å²) in [5.74, 6) is 0. The molecule has 0 saturated heterocycles. The minimum atomic E-state index is -5.74. The van der Waals surface area contributed by atoms with E-state index in [1.807, 2.05) is 6.07 Å². The maximum absolute atomic E-state index is 13.8. The SMILES string of the molecule is N#Cc1ccc2c(C#N)c(C(F)(F)P(=O)(O)O)sc2c1. The standard InChI is InChI=1S/C11H5F2N2O3PS/c12-11(13,19(16,17)18)10-8(5-15)7-2-1-6(4-14)3-9(7)20-10/h1-3H,(H2,16,17,18). The van der Waals surface area contributed by atoms with Crippen molar-refractivity contribution < 1.29 is 23.1 Å². The predicted octanol–water partition coefficient (Wildman–Crippen LogP) is 2.87. The number of nitriles is 2. The van der Waals surface area contributed by atoms with E-state index in [0.29, 0.717) is 11.3 Å². The Morgan fingerprint density at radius 3 is 2.40 bits per heavy atom. The third-order valence-corrected chi connectivity index (χ3v) is 4.90. The van der Waals surface area contributed by atoms with E-state index < -0.39 is 23.7 Å². The summed E-state index contributed by atoms with van der Waals surface area (Å²) < 4.78 is 38.6. The Bertz CT molecular complexity index is 829. The van der Waals surface area contributed by atoms with Crippen LogP contribution in [0, 0.1) is 22.7 Å². The molecule has 5 nitrogen and oxygen atoms in total. The van der Waals surface area contributed by atoms with Crippen LogP contribution in [0.2, 0.25) is 0 Å². The van der Waals surface area contributed by atoms with Crippen molar-refractivity contribution in [2.24, 2.45) is 0 Å². The van der Waals surface area contributed by atoms with Crippen LogP contribution in [0.3, 0.4) is 0 Å². The fourth-order valence-electron chi connectivity index (χ4n) is 1.62. The summed E-state index contributed by atoms with van der Waals surface area (Å²) in [5, 5.41) is 17.8. The molecule has 2 N–H and O–H groups in total. The molecule has 0 radical (unpaired) electrons. The number of thiophene rings is 1. The Kier molecular flexibility index (Phi) is 3.37. The zero-order valence-electron chi connectivity index (χ0n) is 9.54. The van der Waals surface area contributed by atoms with Crippen LogP contribution in [0.4, 0.5) is 8.78 Å². The third-order valence-electron chi connectivity index (χ3n) is 2.57. The Labute approximate surface area is 115 Å². The summed E-state index contributed by atoms with van der Waals surface area (Å²) in [5.41, 5.74) is -4.72. The average molecular weight is 314 g/mol. The third kappa shape index (κ3) is 2.09. The molecule has 0 amide bonds. The predicted molar refractivity (Wildman–Crippen MR) is 67.2 cm³/mol. The van der Waals surface area contributed by atoms with Gasteiger partial charge in [-0.3, -0.25) is 4.57 Å². The molecular weight excluding hydrogens is 309 g/mol. The zero-order valence-corrected chi connectivity index (χ0v) is 11.3. The second-order valence-electron chi connectivity index (χ2n) is 3.83. The second kappa shape index (κ2) is 4.62. The van der Waals surface area contributed by atoms with E-state index in [1.54, 1.807) is 0 Å². The van der Waals surface area contributed by atoms with Crippen molar-refractivity contribution in [1.82, 2.24) is 0 Å². The molecule has 0 aliphatic carbocycles. The lowest BCUT2D eigenvalue weighted by molar-refractivity contribution is 0.0599. The molecule has 0 spiro atoms. The highest BCUT2D eigenvalue weighted by Gasteiger charge is 2.53. The second-order valence-corrected chi connectivity index (χ2v) is 6.53. The average Bonchev–Trinajstić information content (AvgIpc) is 2.75. The molecule has 1 aromatic carbocycles. The lowest BCUT2D eigenvalue weighted by Gasteiger charge is -2.16. The number of benzene rings is 1. The van der Waals surface area contributed by atoms with Crippen LogP contribution < -0.4 is 0 Å². The number of alkyl halides is 2. The van der Waals surface area contributed by atoms with Crippen LogP contribution in [-0.2, 0) is 10.2 Å². The normalized spacial score (nSPS) is 12.1. The van der Waals surface area contributed by atoms with Crippen molar-refractivity contribution in [3.05, 3.63) is 34.2 Å². The van der Waals surface area contributed by atoms with E-state index >= 15 is 0 Å². The smallest absolute Gasteiger partial charge is 0.320 e. The van der Waals surface area contributed by atoms with E-state index in [2.05, 4.69) is 0 Å². The van der Waals surface area contributed by atoms with Crippen molar-refractivity contribution in [1.29, 1.82) is 10.5 Å². The van der Waals surface area contributed by atoms with Crippen LogP contribution in [0.5, 0.6) is 0 Å². The number of rotatable bonds is 2. The largest absolute Gasteiger partial charge is 0.400 e. The fourth-order valence-corrected chi connectivity index (χ4v) is 3.56. The van der Waals surface area contributed by atoms with E-state index in [9.17, 15) is 13.3 Å². The fraction of sp³-hybridized carbons (Fsp3) is 0.0909. The molecule has 20 heavy (non-hydrogen) atoms. The number of halogens is 2. The Hall–Kier alpha value is -1.83. The van der Waals surface area contributed by atoms with Crippen molar-refractivity contribution in [2.45, 2.75) is 5.66 Å². The van der Waals surface area contributed by atoms with Gasteiger partial charge in [0.15, 0.2) is 0 Å². The number of hydrogen-bond donors (Lipinski definition) is 2. The molecule has 0 fully saturated rings. The quantitative estimate of drug-likeness (QED) is 0.829. The minimum Gasteiger partial charge on any atom is -0.320 e. The Balaban J connectivity index is 2.83. The topological polar surface area (TPSA) is 105 Å². The van der Waals surface area contributed by atoms with Crippen LogP contribution in [0.1, 0.15) is 16.0 Å². The zero-order chi connectivity index (χ0) is 15.1. The number of nitrogens with zero attached hydrogens (tertiary/aromatic N) is 2. The van der Waals surface area contributed by atoms with Gasteiger partial charge >= 0.3 is 13.3 Å². The molecule has 0 atom stereocenters. The number of fused-ring (bicyclic) bond motifs is 1. The summed E-state index contributed by atoms with van der Waals surface area (Å²) in [6.07, 6.45) is 0. The molecule has 2 aromatic rings. The molecule has 2 rings (SSSR count). The van der Waals surface area contributed by atoms with Gasteiger partial charge in [-0.2, -0.15) is 19.3 Å². The molecule has 0 unspecified atom stereocenters. The monoisotopic (exact) mass is 314 g/mol. The van der Waals surface area contributed by atoms with Gasteiger partial charge < -0.3 is 9.79 Å². The van der Waals surface area contributed by atoms with Crippen molar-refractivity contribution in [3.8, 4) is 12.1 Å². The van der Waals surface area contributed by atoms with Gasteiger partial charge in [0.25, 0.3) is 0 Å². The van der Waals surface area contributed by atoms with Crippen molar-refractivity contribution in [2.75, 3.05) is 0 Å². The van der Waals surface area contributed by atoms with Gasteiger partial charge in [-0.1, -0.05) is 6.07 Å². The maximum Gasteiger partial charge on any atom is 0.400 e. The number of hydrogen-bond acceptors (Lipinski definition) is 4. The van der Waals surface area contributed by atoms with Gasteiger partial charge in [-0.15, -0.1) is 11.3 Å². The Morgan fingerprint density at radius 1 is 1.25 bits per heavy atom. The highest BCUT2D eigenvalue weighted by Crippen LogP contribution is 2.62. The van der Waals surface area contributed by atoms with E-state index in [1.165, 1.54) is 24.3 Å². The van der Waals surface area contributed by atoms with E-state index in [0.717, 1.165) is 0 Å². The molecule has 1 aromatic heterocycles. The molecule has 0 aliphatic heterocycles. The van der Waals surface area contributed by atoms with Gasteiger partial charge in [0.2, 0.25) is 0 Å². The first kappa shape index (κ1) is 14.6. The highest BCUT2D eigenvalue weighted by molar-refractivity contribution is 7.53. The van der Waals surface area contributed by atoms with Crippen LogP contribution in [0.25, 0.3) is 10.1 Å². The molecule has 0 aliphatic rings. The van der Waals surface area contributed by atoms with Gasteiger partial charge in [-0.05, 0) is 12.1 Å². The summed E-state index contributed by atoms with van der Waals surface area (Å²) in [6.45, 7) is 0. The summed E-state index contributed by atoms with van der Waals surface area (Å²) in [6, 6.07) is 7.30. The molecule has 0 bridgehead atoms. The first-order valence-corrected chi connectivity index (χ1v) is 7.46.